The second-order valence-electron chi connectivity index (χ2n) is 4.22. The second-order valence-corrected chi connectivity index (χ2v) is 5.31. The molecule has 4 heteroatoms. The van der Waals surface area contributed by atoms with Crippen molar-refractivity contribution in [2.45, 2.75) is 0 Å². The van der Waals surface area contributed by atoms with Crippen molar-refractivity contribution < 1.29 is 0 Å². The number of pyridine rings is 1. The first-order valence-corrected chi connectivity index (χ1v) is 6.78. The molecule has 1 aromatic carbocycles. The normalized spacial score (nSPS) is 13.7. The minimum Gasteiger partial charge on any atom is -0.263 e. The molecule has 3 aromatic rings. The Labute approximate surface area is 113 Å². The van der Waals surface area contributed by atoms with Crippen LogP contribution in [0.25, 0.3) is 21.0 Å². The lowest BCUT2D eigenvalue weighted by molar-refractivity contribution is 1.42. The summed E-state index contributed by atoms with van der Waals surface area (Å²) in [6.45, 7) is 0. The number of thiophene rings is 1. The van der Waals surface area contributed by atoms with E-state index in [1.54, 1.807) is 23.8 Å². The summed E-state index contributed by atoms with van der Waals surface area (Å²) in [5.74, 6) is 0. The minimum atomic E-state index is 0.992. The van der Waals surface area contributed by atoms with Gasteiger partial charge in [0.05, 0.1) is 16.1 Å². The van der Waals surface area contributed by atoms with Crippen LogP contribution in [0, 0.1) is 0 Å². The highest BCUT2D eigenvalue weighted by molar-refractivity contribution is 7.21. The van der Waals surface area contributed by atoms with Gasteiger partial charge in [-0.3, -0.25) is 15.0 Å². The third-order valence-corrected chi connectivity index (χ3v) is 4.17. The van der Waals surface area contributed by atoms with E-state index in [0.29, 0.717) is 0 Å². The molecular weight excluding hydrogens is 254 g/mol. The van der Waals surface area contributed by atoms with Crippen LogP contribution in [0.5, 0.6) is 0 Å². The Morgan fingerprint density at radius 2 is 2.11 bits per heavy atom. The maximum absolute atomic E-state index is 4.56. The fourth-order valence-electron chi connectivity index (χ4n) is 2.28. The van der Waals surface area contributed by atoms with E-state index in [9.17, 15) is 0 Å². The maximum atomic E-state index is 4.56. The van der Waals surface area contributed by atoms with Gasteiger partial charge in [0, 0.05) is 40.3 Å². The predicted octanol–water partition coefficient (Wildman–Crippen LogP) is 4.10. The van der Waals surface area contributed by atoms with Gasteiger partial charge in [0.1, 0.15) is 0 Å². The highest BCUT2D eigenvalue weighted by Crippen LogP contribution is 2.40. The zero-order valence-corrected chi connectivity index (χ0v) is 10.8. The first-order chi connectivity index (χ1) is 9.43. The summed E-state index contributed by atoms with van der Waals surface area (Å²) in [4.78, 5) is 14.3. The average molecular weight is 263 g/mol. The Balaban J connectivity index is 2.20. The van der Waals surface area contributed by atoms with Crippen molar-refractivity contribution >= 4 is 50.4 Å². The van der Waals surface area contributed by atoms with Crippen LogP contribution >= 0.6 is 11.3 Å². The number of hydrogen-bond donors (Lipinski definition) is 0. The third-order valence-electron chi connectivity index (χ3n) is 3.09. The van der Waals surface area contributed by atoms with Crippen LogP contribution in [0.4, 0.5) is 5.69 Å². The molecule has 3 nitrogen and oxygen atoms in total. The molecule has 0 fully saturated rings. The van der Waals surface area contributed by atoms with Gasteiger partial charge in [-0.15, -0.1) is 11.3 Å². The molecule has 0 spiro atoms. The van der Waals surface area contributed by atoms with E-state index in [2.05, 4.69) is 33.2 Å². The highest BCUT2D eigenvalue weighted by Gasteiger charge is 2.13. The standard InChI is InChI=1S/C15H9N3S/c1-3-10-11(17-7-1)4-5-12-14(10)15-13(19-12)9-16-6-2-8-18-15/h1-9H. The first kappa shape index (κ1) is 10.6. The summed E-state index contributed by atoms with van der Waals surface area (Å²) >= 11 is 1.71. The van der Waals surface area contributed by atoms with Crippen molar-refractivity contribution in [3.05, 3.63) is 47.6 Å². The van der Waals surface area contributed by atoms with Crippen molar-refractivity contribution in [2.24, 2.45) is 9.98 Å². The number of benzene rings is 1. The largest absolute Gasteiger partial charge is 0.263 e. The van der Waals surface area contributed by atoms with Gasteiger partial charge >= 0.3 is 0 Å². The Morgan fingerprint density at radius 3 is 3.11 bits per heavy atom. The van der Waals surface area contributed by atoms with E-state index in [1.165, 1.54) is 10.1 Å². The zero-order chi connectivity index (χ0) is 12.7. The number of rotatable bonds is 0. The van der Waals surface area contributed by atoms with Crippen LogP contribution in [0.1, 0.15) is 4.88 Å². The van der Waals surface area contributed by atoms with Crippen LogP contribution in [0.15, 0.2) is 52.7 Å². The molecule has 0 radical (unpaired) electrons. The first-order valence-electron chi connectivity index (χ1n) is 5.96. The van der Waals surface area contributed by atoms with Crippen LogP contribution in [0.3, 0.4) is 0 Å². The number of nitrogens with zero attached hydrogens (tertiary/aromatic N) is 3. The molecule has 1 aliphatic rings. The van der Waals surface area contributed by atoms with Gasteiger partial charge in [0.15, 0.2) is 0 Å². The number of aromatic nitrogens is 1. The summed E-state index contributed by atoms with van der Waals surface area (Å²) in [5.41, 5.74) is 1.99. The smallest absolute Gasteiger partial charge is 0.0910 e. The molecule has 1 aliphatic heterocycles. The van der Waals surface area contributed by atoms with E-state index < -0.39 is 0 Å². The van der Waals surface area contributed by atoms with Gasteiger partial charge in [0.2, 0.25) is 0 Å². The van der Waals surface area contributed by atoms with Crippen molar-refractivity contribution in [2.75, 3.05) is 0 Å². The molecule has 0 bridgehead atoms. The van der Waals surface area contributed by atoms with Gasteiger partial charge < -0.3 is 0 Å². The Morgan fingerprint density at radius 1 is 1.11 bits per heavy atom. The summed E-state index contributed by atoms with van der Waals surface area (Å²) < 4.78 is 1.22. The zero-order valence-electron chi connectivity index (χ0n) is 9.95. The van der Waals surface area contributed by atoms with Crippen molar-refractivity contribution in [1.29, 1.82) is 0 Å². The Kier molecular flexibility index (Phi) is 2.28. The lowest BCUT2D eigenvalue weighted by Gasteiger charge is -2.00. The van der Waals surface area contributed by atoms with Gasteiger partial charge in [0.25, 0.3) is 0 Å². The SMILES string of the molecule is C1=CN=Cc2sc3ccc4ncccc4c3c2N=C1. The number of aliphatic imine (C=N–C) groups is 2. The Bertz CT molecular complexity index is 872. The lowest BCUT2D eigenvalue weighted by Crippen LogP contribution is -1.80. The van der Waals surface area contributed by atoms with Gasteiger partial charge in [-0.2, -0.15) is 0 Å². The maximum Gasteiger partial charge on any atom is 0.0910 e. The highest BCUT2D eigenvalue weighted by atomic mass is 32.1. The molecule has 2 aromatic heterocycles. The summed E-state index contributed by atoms with van der Waals surface area (Å²) in [5, 5.41) is 2.32. The third kappa shape index (κ3) is 1.61. The van der Waals surface area contributed by atoms with E-state index in [-0.39, 0.29) is 0 Å². The average Bonchev–Trinajstić information content (AvgIpc) is 2.76. The molecular formula is C15H9N3S. The molecule has 0 aliphatic carbocycles. The quantitative estimate of drug-likeness (QED) is 0.601. The second kappa shape index (κ2) is 4.10. The van der Waals surface area contributed by atoms with Gasteiger partial charge in [-0.05, 0) is 24.3 Å². The molecule has 4 rings (SSSR count). The van der Waals surface area contributed by atoms with Crippen LogP contribution in [-0.2, 0) is 0 Å². The molecule has 0 unspecified atom stereocenters. The van der Waals surface area contributed by atoms with E-state index in [4.69, 9.17) is 0 Å². The monoisotopic (exact) mass is 263 g/mol. The molecule has 0 amide bonds. The number of hydrogen-bond acceptors (Lipinski definition) is 4. The molecule has 0 saturated heterocycles. The van der Waals surface area contributed by atoms with Crippen LogP contribution in [-0.4, -0.2) is 17.4 Å². The fraction of sp³-hybridized carbons (Fsp3) is 0. The van der Waals surface area contributed by atoms with Crippen molar-refractivity contribution in [3.8, 4) is 0 Å². The van der Waals surface area contributed by atoms with Crippen molar-refractivity contribution in [1.82, 2.24) is 4.98 Å². The Hall–Kier alpha value is -2.33. The summed E-state index contributed by atoms with van der Waals surface area (Å²) in [6.07, 6.45) is 9.06. The molecule has 3 heterocycles. The predicted molar refractivity (Wildman–Crippen MR) is 82.0 cm³/mol. The van der Waals surface area contributed by atoms with Crippen molar-refractivity contribution in [3.63, 3.8) is 0 Å². The van der Waals surface area contributed by atoms with Crippen LogP contribution in [0.2, 0.25) is 0 Å². The topological polar surface area (TPSA) is 37.6 Å². The fourth-order valence-corrected chi connectivity index (χ4v) is 3.33. The molecule has 90 valence electrons. The minimum absolute atomic E-state index is 0.992. The summed E-state index contributed by atoms with van der Waals surface area (Å²) in [6, 6.07) is 8.23. The van der Waals surface area contributed by atoms with Crippen LogP contribution < -0.4 is 0 Å². The molecule has 0 atom stereocenters. The summed E-state index contributed by atoms with van der Waals surface area (Å²) in [7, 11) is 0. The van der Waals surface area contributed by atoms with Gasteiger partial charge in [-0.25, -0.2) is 0 Å². The van der Waals surface area contributed by atoms with Gasteiger partial charge in [-0.1, -0.05) is 6.07 Å². The molecule has 19 heavy (non-hydrogen) atoms. The number of fused-ring (bicyclic) bond motifs is 5. The lowest BCUT2D eigenvalue weighted by atomic mass is 10.1. The van der Waals surface area contributed by atoms with E-state index in [0.717, 1.165) is 21.5 Å². The molecule has 0 saturated carbocycles. The van der Waals surface area contributed by atoms with E-state index in [1.807, 2.05) is 24.6 Å². The number of allylic oxidation sites excluding steroid dienone is 1. The molecule has 0 N–H and O–H groups in total. The van der Waals surface area contributed by atoms with E-state index >= 15 is 0 Å².